The number of anilines is 1. The van der Waals surface area contributed by atoms with Crippen molar-refractivity contribution in [3.8, 4) is 0 Å². The lowest BCUT2D eigenvalue weighted by atomic mass is 10.1. The molecule has 2 aromatic rings. The van der Waals surface area contributed by atoms with Crippen molar-refractivity contribution in [3.05, 3.63) is 69.5 Å². The van der Waals surface area contributed by atoms with E-state index in [4.69, 9.17) is 0 Å². The van der Waals surface area contributed by atoms with Crippen LogP contribution in [0.4, 0.5) is 28.9 Å². The van der Waals surface area contributed by atoms with E-state index < -0.39 is 39.8 Å². The summed E-state index contributed by atoms with van der Waals surface area (Å²) in [4.78, 5) is 21.5. The zero-order chi connectivity index (χ0) is 17.2. The van der Waals surface area contributed by atoms with Gasteiger partial charge >= 0.3 is 11.9 Å². The first kappa shape index (κ1) is 16.4. The quantitative estimate of drug-likeness (QED) is 0.526. The SMILES string of the molecule is O=C(Nc1ccccc1C(F)(F)F)c1ccc(F)c([N+](=O)[O-])c1. The Morgan fingerprint density at radius 3 is 2.39 bits per heavy atom. The van der Waals surface area contributed by atoms with Crippen LogP contribution in [-0.2, 0) is 6.18 Å². The van der Waals surface area contributed by atoms with Crippen LogP contribution >= 0.6 is 0 Å². The van der Waals surface area contributed by atoms with Gasteiger partial charge in [-0.3, -0.25) is 14.9 Å². The lowest BCUT2D eigenvalue weighted by Crippen LogP contribution is -2.16. The van der Waals surface area contributed by atoms with Crippen LogP contribution in [0.2, 0.25) is 0 Å². The highest BCUT2D eigenvalue weighted by Crippen LogP contribution is 2.34. The molecule has 2 rings (SSSR count). The Bertz CT molecular complexity index is 775. The van der Waals surface area contributed by atoms with Crippen LogP contribution in [0.5, 0.6) is 0 Å². The number of hydrogen-bond donors (Lipinski definition) is 1. The van der Waals surface area contributed by atoms with Crippen LogP contribution in [0.3, 0.4) is 0 Å². The molecule has 0 atom stereocenters. The Balaban J connectivity index is 2.34. The minimum Gasteiger partial charge on any atom is -0.321 e. The molecule has 5 nitrogen and oxygen atoms in total. The van der Waals surface area contributed by atoms with Gasteiger partial charge in [-0.2, -0.15) is 17.6 Å². The van der Waals surface area contributed by atoms with E-state index in [9.17, 15) is 32.5 Å². The van der Waals surface area contributed by atoms with E-state index in [1.54, 1.807) is 0 Å². The largest absolute Gasteiger partial charge is 0.418 e. The van der Waals surface area contributed by atoms with Crippen molar-refractivity contribution in [2.24, 2.45) is 0 Å². The maximum Gasteiger partial charge on any atom is 0.418 e. The Labute approximate surface area is 126 Å². The van der Waals surface area contributed by atoms with Crippen molar-refractivity contribution in [1.82, 2.24) is 0 Å². The predicted octanol–water partition coefficient (Wildman–Crippen LogP) is 4.01. The van der Waals surface area contributed by atoms with Gasteiger partial charge in [0, 0.05) is 11.6 Å². The summed E-state index contributed by atoms with van der Waals surface area (Å²) in [6.07, 6.45) is -4.68. The molecule has 1 amide bonds. The van der Waals surface area contributed by atoms with E-state index in [0.29, 0.717) is 12.1 Å². The molecule has 0 fully saturated rings. The summed E-state index contributed by atoms with van der Waals surface area (Å²) in [6.45, 7) is 0. The second-order valence-corrected chi connectivity index (χ2v) is 4.42. The van der Waals surface area contributed by atoms with Gasteiger partial charge in [-0.25, -0.2) is 0 Å². The number of nitro benzene ring substituents is 1. The van der Waals surface area contributed by atoms with Gasteiger partial charge in [0.15, 0.2) is 0 Å². The standard InChI is InChI=1S/C14H8F4N2O3/c15-10-6-5-8(7-12(10)20(22)23)13(21)19-11-4-2-1-3-9(11)14(16,17)18/h1-7H,(H,19,21). The molecule has 0 aliphatic rings. The van der Waals surface area contributed by atoms with E-state index in [0.717, 1.165) is 24.3 Å². The van der Waals surface area contributed by atoms with Crippen LogP contribution in [0.15, 0.2) is 42.5 Å². The van der Waals surface area contributed by atoms with Crippen molar-refractivity contribution in [1.29, 1.82) is 0 Å². The van der Waals surface area contributed by atoms with Crippen molar-refractivity contribution >= 4 is 17.3 Å². The number of hydrogen-bond acceptors (Lipinski definition) is 3. The third-order valence-corrected chi connectivity index (χ3v) is 2.89. The zero-order valence-electron chi connectivity index (χ0n) is 11.2. The summed E-state index contributed by atoms with van der Waals surface area (Å²) < 4.78 is 51.7. The number of alkyl halides is 3. The van der Waals surface area contributed by atoms with Crippen molar-refractivity contribution in [2.45, 2.75) is 6.18 Å². The summed E-state index contributed by atoms with van der Waals surface area (Å²) in [5, 5.41) is 12.6. The van der Waals surface area contributed by atoms with E-state index in [2.05, 4.69) is 0 Å². The average molecular weight is 328 g/mol. The van der Waals surface area contributed by atoms with Crippen molar-refractivity contribution < 1.29 is 27.3 Å². The second-order valence-electron chi connectivity index (χ2n) is 4.42. The monoisotopic (exact) mass is 328 g/mol. The molecule has 9 heteroatoms. The number of nitrogens with zero attached hydrogens (tertiary/aromatic N) is 1. The van der Waals surface area contributed by atoms with Crippen LogP contribution < -0.4 is 5.32 Å². The van der Waals surface area contributed by atoms with Gasteiger partial charge in [0.25, 0.3) is 5.91 Å². The van der Waals surface area contributed by atoms with E-state index >= 15 is 0 Å². The fraction of sp³-hybridized carbons (Fsp3) is 0.0714. The predicted molar refractivity (Wildman–Crippen MR) is 72.5 cm³/mol. The fourth-order valence-electron chi connectivity index (χ4n) is 1.83. The molecule has 0 aliphatic carbocycles. The van der Waals surface area contributed by atoms with Crippen LogP contribution in [0.25, 0.3) is 0 Å². The van der Waals surface area contributed by atoms with Gasteiger partial charge in [-0.15, -0.1) is 0 Å². The first-order chi connectivity index (χ1) is 10.7. The number of benzene rings is 2. The molecule has 0 unspecified atom stereocenters. The molecule has 120 valence electrons. The number of rotatable bonds is 3. The van der Waals surface area contributed by atoms with E-state index in [1.165, 1.54) is 6.07 Å². The van der Waals surface area contributed by atoms with Crippen molar-refractivity contribution in [2.75, 3.05) is 5.32 Å². The van der Waals surface area contributed by atoms with E-state index in [-0.39, 0.29) is 5.56 Å². The van der Waals surface area contributed by atoms with E-state index in [1.807, 2.05) is 5.32 Å². The molecule has 2 aromatic carbocycles. The highest BCUT2D eigenvalue weighted by molar-refractivity contribution is 6.05. The number of carbonyl (C=O) groups is 1. The topological polar surface area (TPSA) is 72.2 Å². The molecule has 0 heterocycles. The molecule has 0 spiro atoms. The second kappa shape index (κ2) is 6.03. The molecule has 23 heavy (non-hydrogen) atoms. The highest BCUT2D eigenvalue weighted by Gasteiger charge is 2.33. The van der Waals surface area contributed by atoms with Crippen LogP contribution in [0, 0.1) is 15.9 Å². The lowest BCUT2D eigenvalue weighted by molar-refractivity contribution is -0.387. The van der Waals surface area contributed by atoms with Crippen LogP contribution in [-0.4, -0.2) is 10.8 Å². The number of amides is 1. The fourth-order valence-corrected chi connectivity index (χ4v) is 1.83. The Morgan fingerprint density at radius 2 is 1.78 bits per heavy atom. The Morgan fingerprint density at radius 1 is 1.13 bits per heavy atom. The molecule has 0 saturated heterocycles. The summed E-state index contributed by atoms with van der Waals surface area (Å²) in [7, 11) is 0. The number of carbonyl (C=O) groups excluding carboxylic acids is 1. The molecule has 1 N–H and O–H groups in total. The van der Waals surface area contributed by atoms with Gasteiger partial charge in [0.1, 0.15) is 0 Å². The average Bonchev–Trinajstić information content (AvgIpc) is 2.46. The first-order valence-corrected chi connectivity index (χ1v) is 6.11. The normalized spacial score (nSPS) is 11.1. The molecule has 0 aromatic heterocycles. The third kappa shape index (κ3) is 3.62. The molecule has 0 radical (unpaired) electrons. The maximum atomic E-state index is 13.2. The van der Waals surface area contributed by atoms with Gasteiger partial charge in [-0.05, 0) is 24.3 Å². The van der Waals surface area contributed by atoms with Gasteiger partial charge in [0.2, 0.25) is 5.82 Å². The number of halogens is 4. The number of nitrogens with one attached hydrogen (secondary N) is 1. The maximum absolute atomic E-state index is 13.2. The lowest BCUT2D eigenvalue weighted by Gasteiger charge is -2.13. The smallest absolute Gasteiger partial charge is 0.321 e. The molecular formula is C14H8F4N2O3. The Hall–Kier alpha value is -2.97. The third-order valence-electron chi connectivity index (χ3n) is 2.89. The number of nitro groups is 1. The van der Waals surface area contributed by atoms with Crippen LogP contribution in [0.1, 0.15) is 15.9 Å². The summed E-state index contributed by atoms with van der Waals surface area (Å²) in [6, 6.07) is 6.55. The zero-order valence-corrected chi connectivity index (χ0v) is 11.2. The molecule has 0 saturated carbocycles. The van der Waals surface area contributed by atoms with Gasteiger partial charge < -0.3 is 5.32 Å². The summed E-state index contributed by atoms with van der Waals surface area (Å²) in [5.41, 5.74) is -2.85. The highest BCUT2D eigenvalue weighted by atomic mass is 19.4. The molecule has 0 bridgehead atoms. The Kier molecular flexibility index (Phi) is 4.30. The number of para-hydroxylation sites is 1. The molecular weight excluding hydrogens is 320 g/mol. The first-order valence-electron chi connectivity index (χ1n) is 6.11. The minimum absolute atomic E-state index is 0.338. The molecule has 0 aliphatic heterocycles. The van der Waals surface area contributed by atoms with Crippen molar-refractivity contribution in [3.63, 3.8) is 0 Å². The van der Waals surface area contributed by atoms with Gasteiger partial charge in [-0.1, -0.05) is 12.1 Å². The summed E-state index contributed by atoms with van der Waals surface area (Å²) >= 11 is 0. The summed E-state index contributed by atoms with van der Waals surface area (Å²) in [5.74, 6) is -2.17. The minimum atomic E-state index is -4.68. The van der Waals surface area contributed by atoms with Gasteiger partial charge in [0.05, 0.1) is 16.2 Å².